The SMILES string of the molecule is COc1ccc(-n2ncc([C@@H](C)NC3Cc4ccccc4C3)c2C)cc1. The maximum atomic E-state index is 5.24. The molecule has 0 spiro atoms. The van der Waals surface area contributed by atoms with E-state index in [1.165, 1.54) is 22.4 Å². The second kappa shape index (κ2) is 6.96. The lowest BCUT2D eigenvalue weighted by Crippen LogP contribution is -2.32. The van der Waals surface area contributed by atoms with Crippen LogP contribution in [-0.4, -0.2) is 22.9 Å². The highest BCUT2D eigenvalue weighted by Gasteiger charge is 2.24. The van der Waals surface area contributed by atoms with Gasteiger partial charge in [0.05, 0.1) is 19.0 Å². The summed E-state index contributed by atoms with van der Waals surface area (Å²) in [6.45, 7) is 4.36. The zero-order valence-electron chi connectivity index (χ0n) is 15.6. The highest BCUT2D eigenvalue weighted by molar-refractivity contribution is 5.40. The van der Waals surface area contributed by atoms with Crippen molar-refractivity contribution < 1.29 is 4.74 Å². The van der Waals surface area contributed by atoms with Crippen LogP contribution in [0.3, 0.4) is 0 Å². The first-order valence-electron chi connectivity index (χ1n) is 9.17. The van der Waals surface area contributed by atoms with Crippen LogP contribution in [0.25, 0.3) is 5.69 Å². The first-order chi connectivity index (χ1) is 12.7. The number of aromatic nitrogens is 2. The molecule has 2 aromatic carbocycles. The Morgan fingerprint density at radius 2 is 1.73 bits per heavy atom. The number of hydrogen-bond acceptors (Lipinski definition) is 3. The number of fused-ring (bicyclic) bond motifs is 1. The molecule has 0 radical (unpaired) electrons. The summed E-state index contributed by atoms with van der Waals surface area (Å²) < 4.78 is 7.24. The van der Waals surface area contributed by atoms with E-state index >= 15 is 0 Å². The molecule has 3 aromatic rings. The molecule has 4 rings (SSSR count). The molecule has 26 heavy (non-hydrogen) atoms. The third-order valence-corrected chi connectivity index (χ3v) is 5.37. The Hall–Kier alpha value is -2.59. The van der Waals surface area contributed by atoms with Crippen LogP contribution < -0.4 is 10.1 Å². The van der Waals surface area contributed by atoms with Gasteiger partial charge in [0.1, 0.15) is 5.75 Å². The van der Waals surface area contributed by atoms with Gasteiger partial charge in [-0.15, -0.1) is 0 Å². The topological polar surface area (TPSA) is 39.1 Å². The van der Waals surface area contributed by atoms with Gasteiger partial charge in [-0.1, -0.05) is 24.3 Å². The van der Waals surface area contributed by atoms with E-state index < -0.39 is 0 Å². The fourth-order valence-electron chi connectivity index (χ4n) is 3.95. The quantitative estimate of drug-likeness (QED) is 0.758. The summed E-state index contributed by atoms with van der Waals surface area (Å²) in [4.78, 5) is 0. The number of benzene rings is 2. The molecule has 0 aliphatic heterocycles. The van der Waals surface area contributed by atoms with Crippen molar-refractivity contribution in [3.05, 3.63) is 77.1 Å². The molecule has 1 atom stereocenters. The number of ether oxygens (including phenoxy) is 1. The average Bonchev–Trinajstić information content (AvgIpc) is 3.24. The lowest BCUT2D eigenvalue weighted by molar-refractivity contribution is 0.414. The average molecular weight is 347 g/mol. The predicted molar refractivity (Wildman–Crippen MR) is 104 cm³/mol. The van der Waals surface area contributed by atoms with E-state index in [4.69, 9.17) is 4.74 Å². The summed E-state index contributed by atoms with van der Waals surface area (Å²) in [5.41, 5.74) is 6.42. The lowest BCUT2D eigenvalue weighted by atomic mass is 10.1. The zero-order chi connectivity index (χ0) is 18.1. The fraction of sp³-hybridized carbons (Fsp3) is 0.318. The zero-order valence-corrected chi connectivity index (χ0v) is 15.6. The number of rotatable bonds is 5. The molecular weight excluding hydrogens is 322 g/mol. The van der Waals surface area contributed by atoms with Gasteiger partial charge in [0.15, 0.2) is 0 Å². The van der Waals surface area contributed by atoms with Gasteiger partial charge in [-0.3, -0.25) is 0 Å². The maximum absolute atomic E-state index is 5.24. The van der Waals surface area contributed by atoms with Gasteiger partial charge in [0.2, 0.25) is 0 Å². The van der Waals surface area contributed by atoms with E-state index in [1.807, 2.05) is 35.1 Å². The first-order valence-corrected chi connectivity index (χ1v) is 9.17. The van der Waals surface area contributed by atoms with Crippen molar-refractivity contribution in [2.24, 2.45) is 0 Å². The van der Waals surface area contributed by atoms with Crippen LogP contribution in [-0.2, 0) is 12.8 Å². The molecule has 1 heterocycles. The molecule has 0 amide bonds. The van der Waals surface area contributed by atoms with E-state index in [0.29, 0.717) is 6.04 Å². The Kier molecular flexibility index (Phi) is 4.51. The first kappa shape index (κ1) is 16.9. The van der Waals surface area contributed by atoms with Gasteiger partial charge in [0.25, 0.3) is 0 Å². The summed E-state index contributed by atoms with van der Waals surface area (Å²) in [6, 6.07) is 17.5. The molecule has 4 nitrogen and oxygen atoms in total. The van der Waals surface area contributed by atoms with Gasteiger partial charge in [-0.25, -0.2) is 4.68 Å². The van der Waals surface area contributed by atoms with Crippen molar-refractivity contribution in [2.45, 2.75) is 38.8 Å². The predicted octanol–water partition coefficient (Wildman–Crippen LogP) is 4.01. The minimum absolute atomic E-state index is 0.265. The second-order valence-corrected chi connectivity index (χ2v) is 7.06. The summed E-state index contributed by atoms with van der Waals surface area (Å²) in [6.07, 6.45) is 4.19. The molecule has 0 bridgehead atoms. The van der Waals surface area contributed by atoms with Crippen molar-refractivity contribution in [1.82, 2.24) is 15.1 Å². The van der Waals surface area contributed by atoms with E-state index in [0.717, 1.165) is 24.3 Å². The summed E-state index contributed by atoms with van der Waals surface area (Å²) in [5.74, 6) is 0.856. The van der Waals surface area contributed by atoms with E-state index in [-0.39, 0.29) is 6.04 Å². The van der Waals surface area contributed by atoms with Crippen LogP contribution in [0.1, 0.15) is 35.3 Å². The van der Waals surface area contributed by atoms with Gasteiger partial charge >= 0.3 is 0 Å². The van der Waals surface area contributed by atoms with Gasteiger partial charge in [-0.2, -0.15) is 5.10 Å². The van der Waals surface area contributed by atoms with Crippen LogP contribution in [0.5, 0.6) is 5.75 Å². The molecule has 0 unspecified atom stereocenters. The monoisotopic (exact) mass is 347 g/mol. The third-order valence-electron chi connectivity index (χ3n) is 5.37. The fourth-order valence-corrected chi connectivity index (χ4v) is 3.95. The smallest absolute Gasteiger partial charge is 0.119 e. The Labute approximate surface area is 154 Å². The molecule has 0 saturated carbocycles. The molecule has 1 aromatic heterocycles. The minimum Gasteiger partial charge on any atom is -0.497 e. The highest BCUT2D eigenvalue weighted by atomic mass is 16.5. The molecule has 134 valence electrons. The number of nitrogens with one attached hydrogen (secondary N) is 1. The molecular formula is C22H25N3O. The van der Waals surface area contributed by atoms with Crippen molar-refractivity contribution in [3.8, 4) is 11.4 Å². The summed E-state index contributed by atoms with van der Waals surface area (Å²) >= 11 is 0. The standard InChI is InChI=1S/C22H25N3O/c1-15(24-19-12-17-6-4-5-7-18(17)13-19)22-14-23-25(16(22)2)20-8-10-21(26-3)11-9-20/h4-11,14-15,19,24H,12-13H2,1-3H3/t15-/m1/s1. The normalized spacial score (nSPS) is 15.0. The molecule has 0 saturated heterocycles. The van der Waals surface area contributed by atoms with Gasteiger partial charge < -0.3 is 10.1 Å². The molecule has 0 fully saturated rings. The van der Waals surface area contributed by atoms with E-state index in [2.05, 4.69) is 48.5 Å². The number of hydrogen-bond donors (Lipinski definition) is 1. The van der Waals surface area contributed by atoms with Gasteiger partial charge in [-0.05, 0) is 62.1 Å². The minimum atomic E-state index is 0.265. The molecule has 1 N–H and O–H groups in total. The Bertz CT molecular complexity index is 873. The largest absolute Gasteiger partial charge is 0.497 e. The Balaban J connectivity index is 1.49. The summed E-state index contributed by atoms with van der Waals surface area (Å²) in [5, 5.41) is 8.41. The Morgan fingerprint density at radius 1 is 1.08 bits per heavy atom. The van der Waals surface area contributed by atoms with Crippen LogP contribution in [0.4, 0.5) is 0 Å². The highest BCUT2D eigenvalue weighted by Crippen LogP contribution is 2.26. The van der Waals surface area contributed by atoms with Crippen LogP contribution in [0.15, 0.2) is 54.7 Å². The maximum Gasteiger partial charge on any atom is 0.119 e. The Morgan fingerprint density at radius 3 is 2.35 bits per heavy atom. The van der Waals surface area contributed by atoms with Crippen LogP contribution in [0.2, 0.25) is 0 Å². The van der Waals surface area contributed by atoms with Crippen molar-refractivity contribution in [1.29, 1.82) is 0 Å². The number of nitrogens with zero attached hydrogens (tertiary/aromatic N) is 2. The van der Waals surface area contributed by atoms with E-state index in [1.54, 1.807) is 7.11 Å². The molecule has 4 heteroatoms. The van der Waals surface area contributed by atoms with Crippen molar-refractivity contribution in [3.63, 3.8) is 0 Å². The van der Waals surface area contributed by atoms with E-state index in [9.17, 15) is 0 Å². The third kappa shape index (κ3) is 3.13. The van der Waals surface area contributed by atoms with Crippen molar-refractivity contribution >= 4 is 0 Å². The molecule has 1 aliphatic rings. The molecule has 1 aliphatic carbocycles. The lowest BCUT2D eigenvalue weighted by Gasteiger charge is -2.19. The van der Waals surface area contributed by atoms with Gasteiger partial charge in [0, 0.05) is 23.3 Å². The second-order valence-electron chi connectivity index (χ2n) is 7.06. The van der Waals surface area contributed by atoms with Crippen molar-refractivity contribution in [2.75, 3.05) is 7.11 Å². The number of methoxy groups -OCH3 is 1. The summed E-state index contributed by atoms with van der Waals surface area (Å²) in [7, 11) is 1.68. The van der Waals surface area contributed by atoms with Crippen LogP contribution in [0, 0.1) is 6.92 Å². The van der Waals surface area contributed by atoms with Crippen LogP contribution >= 0.6 is 0 Å².